The van der Waals surface area contributed by atoms with Gasteiger partial charge in [-0.1, -0.05) is 12.1 Å². The van der Waals surface area contributed by atoms with Crippen LogP contribution in [-0.2, 0) is 16.1 Å². The van der Waals surface area contributed by atoms with E-state index in [0.29, 0.717) is 38.2 Å². The van der Waals surface area contributed by atoms with Crippen molar-refractivity contribution >= 4 is 17.7 Å². The number of benzene rings is 1. The molecule has 6 nitrogen and oxygen atoms in total. The lowest BCUT2D eigenvalue weighted by atomic mass is 9.96. The van der Waals surface area contributed by atoms with Crippen molar-refractivity contribution in [1.82, 2.24) is 10.2 Å². The van der Waals surface area contributed by atoms with Crippen molar-refractivity contribution in [2.75, 3.05) is 18.8 Å². The summed E-state index contributed by atoms with van der Waals surface area (Å²) in [5.74, 6) is -0.0361. The van der Waals surface area contributed by atoms with E-state index in [0.717, 1.165) is 5.56 Å². The molecule has 0 atom stereocenters. The van der Waals surface area contributed by atoms with Gasteiger partial charge in [0.25, 0.3) is 0 Å². The fourth-order valence-corrected chi connectivity index (χ4v) is 2.69. The van der Waals surface area contributed by atoms with Crippen LogP contribution >= 0.6 is 0 Å². The lowest BCUT2D eigenvalue weighted by Crippen LogP contribution is -2.44. The number of nitrogens with two attached hydrogens (primary N) is 1. The standard InChI is InChI=1S/C18H27N3O3/c1-18(2,3)24-17(23)21-9-7-14(8-10-21)16(22)20-12-13-5-4-6-15(19)11-13/h4-6,11,14H,7-10,12,19H2,1-3H3,(H,20,22). The van der Waals surface area contributed by atoms with Crippen LogP contribution in [0.4, 0.5) is 10.5 Å². The Hall–Kier alpha value is -2.24. The Labute approximate surface area is 143 Å². The summed E-state index contributed by atoms with van der Waals surface area (Å²) in [7, 11) is 0. The van der Waals surface area contributed by atoms with Crippen LogP contribution < -0.4 is 11.1 Å². The van der Waals surface area contributed by atoms with E-state index in [1.54, 1.807) is 4.90 Å². The Bertz CT molecular complexity index is 587. The maximum absolute atomic E-state index is 12.3. The number of anilines is 1. The Morgan fingerprint density at radius 2 is 1.96 bits per heavy atom. The zero-order valence-electron chi connectivity index (χ0n) is 14.7. The largest absolute Gasteiger partial charge is 0.444 e. The van der Waals surface area contributed by atoms with Gasteiger partial charge in [-0.05, 0) is 51.3 Å². The number of piperidine rings is 1. The molecule has 1 aromatic carbocycles. The molecule has 2 rings (SSSR count). The van der Waals surface area contributed by atoms with Gasteiger partial charge in [-0.3, -0.25) is 4.79 Å². The molecule has 1 aliphatic heterocycles. The maximum atomic E-state index is 12.3. The number of likely N-dealkylation sites (tertiary alicyclic amines) is 1. The molecule has 1 fully saturated rings. The number of carbonyl (C=O) groups excluding carboxylic acids is 2. The van der Waals surface area contributed by atoms with Crippen molar-refractivity contribution in [3.05, 3.63) is 29.8 Å². The number of rotatable bonds is 3. The van der Waals surface area contributed by atoms with Crippen molar-refractivity contribution in [3.63, 3.8) is 0 Å². The average molecular weight is 333 g/mol. The molecule has 1 aromatic rings. The molecular weight excluding hydrogens is 306 g/mol. The summed E-state index contributed by atoms with van der Waals surface area (Å²) in [6, 6.07) is 7.47. The average Bonchev–Trinajstić information content (AvgIpc) is 2.51. The molecule has 0 radical (unpaired) electrons. The highest BCUT2D eigenvalue weighted by molar-refractivity contribution is 5.79. The van der Waals surface area contributed by atoms with Crippen molar-refractivity contribution in [2.45, 2.75) is 45.8 Å². The minimum Gasteiger partial charge on any atom is -0.444 e. The van der Waals surface area contributed by atoms with Crippen LogP contribution in [0.1, 0.15) is 39.2 Å². The van der Waals surface area contributed by atoms with E-state index in [2.05, 4.69) is 5.32 Å². The number of carbonyl (C=O) groups is 2. The lowest BCUT2D eigenvalue weighted by molar-refractivity contribution is -0.126. The van der Waals surface area contributed by atoms with Crippen LogP contribution in [0, 0.1) is 5.92 Å². The van der Waals surface area contributed by atoms with Crippen LogP contribution in [0.25, 0.3) is 0 Å². The van der Waals surface area contributed by atoms with Gasteiger partial charge >= 0.3 is 6.09 Å². The second-order valence-electron chi connectivity index (χ2n) is 7.20. The molecule has 1 saturated heterocycles. The van der Waals surface area contributed by atoms with Crippen molar-refractivity contribution in [2.24, 2.45) is 5.92 Å². The predicted molar refractivity (Wildman–Crippen MR) is 93.2 cm³/mol. The lowest BCUT2D eigenvalue weighted by Gasteiger charge is -2.32. The van der Waals surface area contributed by atoms with Gasteiger partial charge in [-0.2, -0.15) is 0 Å². The minimum absolute atomic E-state index is 0.0289. The van der Waals surface area contributed by atoms with E-state index in [1.807, 2.05) is 45.0 Å². The first-order chi connectivity index (χ1) is 11.2. The van der Waals surface area contributed by atoms with Gasteiger partial charge in [0.15, 0.2) is 0 Å². The van der Waals surface area contributed by atoms with Gasteiger partial charge in [0.1, 0.15) is 5.60 Å². The quantitative estimate of drug-likeness (QED) is 0.833. The first-order valence-corrected chi connectivity index (χ1v) is 8.34. The first-order valence-electron chi connectivity index (χ1n) is 8.34. The number of hydrogen-bond acceptors (Lipinski definition) is 4. The van der Waals surface area contributed by atoms with Crippen molar-refractivity contribution in [3.8, 4) is 0 Å². The molecule has 1 heterocycles. The van der Waals surface area contributed by atoms with E-state index in [1.165, 1.54) is 0 Å². The maximum Gasteiger partial charge on any atom is 0.410 e. The Balaban J connectivity index is 1.77. The monoisotopic (exact) mass is 333 g/mol. The molecule has 0 unspecified atom stereocenters. The number of amides is 2. The summed E-state index contributed by atoms with van der Waals surface area (Å²) in [6.45, 7) is 7.11. The van der Waals surface area contributed by atoms with Gasteiger partial charge in [-0.15, -0.1) is 0 Å². The topological polar surface area (TPSA) is 84.7 Å². The minimum atomic E-state index is -0.497. The molecule has 0 saturated carbocycles. The predicted octanol–water partition coefficient (Wildman–Crippen LogP) is 2.53. The van der Waals surface area contributed by atoms with Crippen molar-refractivity contribution in [1.29, 1.82) is 0 Å². The van der Waals surface area contributed by atoms with E-state index >= 15 is 0 Å². The van der Waals surface area contributed by atoms with E-state index in [-0.39, 0.29) is 17.9 Å². The van der Waals surface area contributed by atoms with Gasteiger partial charge in [0, 0.05) is 31.2 Å². The van der Waals surface area contributed by atoms with Crippen LogP contribution in [0.3, 0.4) is 0 Å². The molecule has 3 N–H and O–H groups in total. The first kappa shape index (κ1) is 18.1. The second-order valence-corrected chi connectivity index (χ2v) is 7.20. The summed E-state index contributed by atoms with van der Waals surface area (Å²) >= 11 is 0. The molecule has 0 aromatic heterocycles. The molecular formula is C18H27N3O3. The third kappa shape index (κ3) is 5.44. The summed E-state index contributed by atoms with van der Waals surface area (Å²) in [4.78, 5) is 26.0. The molecule has 6 heteroatoms. The Kier molecular flexibility index (Phi) is 5.70. The summed E-state index contributed by atoms with van der Waals surface area (Å²) in [5.41, 5.74) is 6.90. The smallest absolute Gasteiger partial charge is 0.410 e. The molecule has 24 heavy (non-hydrogen) atoms. The third-order valence-corrected chi connectivity index (χ3v) is 3.94. The Morgan fingerprint density at radius 3 is 2.54 bits per heavy atom. The second kappa shape index (κ2) is 7.55. The normalized spacial score (nSPS) is 15.9. The summed E-state index contributed by atoms with van der Waals surface area (Å²) < 4.78 is 5.36. The van der Waals surface area contributed by atoms with E-state index < -0.39 is 5.60 Å². The van der Waals surface area contributed by atoms with Crippen LogP contribution in [0.5, 0.6) is 0 Å². The zero-order chi connectivity index (χ0) is 17.7. The highest BCUT2D eigenvalue weighted by Crippen LogP contribution is 2.20. The molecule has 1 aliphatic rings. The summed E-state index contributed by atoms with van der Waals surface area (Å²) in [5, 5.41) is 2.95. The van der Waals surface area contributed by atoms with Gasteiger partial charge in [-0.25, -0.2) is 4.79 Å². The van der Waals surface area contributed by atoms with E-state index in [4.69, 9.17) is 10.5 Å². The highest BCUT2D eigenvalue weighted by Gasteiger charge is 2.29. The van der Waals surface area contributed by atoms with Crippen LogP contribution in [0.2, 0.25) is 0 Å². The molecule has 0 aliphatic carbocycles. The number of nitrogens with one attached hydrogen (secondary N) is 1. The third-order valence-electron chi connectivity index (χ3n) is 3.94. The molecule has 0 spiro atoms. The van der Waals surface area contributed by atoms with E-state index in [9.17, 15) is 9.59 Å². The fraction of sp³-hybridized carbons (Fsp3) is 0.556. The van der Waals surface area contributed by atoms with Crippen LogP contribution in [-0.4, -0.2) is 35.6 Å². The SMILES string of the molecule is CC(C)(C)OC(=O)N1CCC(C(=O)NCc2cccc(N)c2)CC1. The molecule has 2 amide bonds. The Morgan fingerprint density at radius 1 is 1.29 bits per heavy atom. The zero-order valence-corrected chi connectivity index (χ0v) is 14.7. The fourth-order valence-electron chi connectivity index (χ4n) is 2.69. The summed E-state index contributed by atoms with van der Waals surface area (Å²) in [6.07, 6.45) is 1.01. The molecule has 132 valence electrons. The number of hydrogen-bond donors (Lipinski definition) is 2. The molecule has 0 bridgehead atoms. The van der Waals surface area contributed by atoms with Crippen LogP contribution in [0.15, 0.2) is 24.3 Å². The highest BCUT2D eigenvalue weighted by atomic mass is 16.6. The van der Waals surface area contributed by atoms with Crippen molar-refractivity contribution < 1.29 is 14.3 Å². The number of nitrogens with zero attached hydrogens (tertiary/aromatic N) is 1. The van der Waals surface area contributed by atoms with Gasteiger partial charge in [0.2, 0.25) is 5.91 Å². The number of ether oxygens (including phenoxy) is 1. The number of nitrogen functional groups attached to an aromatic ring is 1. The van der Waals surface area contributed by atoms with Gasteiger partial charge < -0.3 is 20.7 Å². The van der Waals surface area contributed by atoms with Gasteiger partial charge in [0.05, 0.1) is 0 Å².